The van der Waals surface area contributed by atoms with E-state index in [0.29, 0.717) is 18.0 Å². The number of thiazole rings is 1. The quantitative estimate of drug-likeness (QED) is 0.100. The number of hydrogen-bond acceptors (Lipinski definition) is 9. The van der Waals surface area contributed by atoms with Gasteiger partial charge in [0, 0.05) is 41.3 Å². The van der Waals surface area contributed by atoms with Gasteiger partial charge in [0.25, 0.3) is 5.82 Å². The number of anilines is 3. The molecule has 9 rings (SSSR count). The van der Waals surface area contributed by atoms with Gasteiger partial charge in [-0.2, -0.15) is 0 Å². The largest absolute Gasteiger partial charge is 0.748 e. The highest BCUT2D eigenvalue weighted by atomic mass is 32.2. The third kappa shape index (κ3) is 6.48. The van der Waals surface area contributed by atoms with Crippen LogP contribution in [0.5, 0.6) is 0 Å². The Hall–Kier alpha value is -6.08. The molecule has 4 heterocycles. The van der Waals surface area contributed by atoms with E-state index < -0.39 is 15.9 Å². The summed E-state index contributed by atoms with van der Waals surface area (Å²) in [4.78, 5) is 14.2. The van der Waals surface area contributed by atoms with Crippen molar-refractivity contribution in [1.82, 2.24) is 14.5 Å². The Morgan fingerprint density at radius 3 is 2.40 bits per heavy atom. The number of aromatic nitrogens is 4. The van der Waals surface area contributed by atoms with E-state index in [1.54, 1.807) is 11.3 Å². The third-order valence-electron chi connectivity index (χ3n) is 9.94. The molecule has 0 bridgehead atoms. The lowest BCUT2D eigenvalue weighted by atomic mass is 10.1. The molecule has 0 fully saturated rings. The molecule has 0 unspecified atom stereocenters. The second-order valence-electron chi connectivity index (χ2n) is 13.4. The number of aryl methyl sites for hydroxylation is 2. The molecule has 3 aromatic heterocycles. The van der Waals surface area contributed by atoms with Crippen LogP contribution in [0.1, 0.15) is 19.2 Å². The highest BCUT2D eigenvalue weighted by Crippen LogP contribution is 2.48. The Morgan fingerprint density at radius 2 is 1.62 bits per heavy atom. The van der Waals surface area contributed by atoms with Crippen molar-refractivity contribution < 1.29 is 22.0 Å². The molecule has 0 N–H and O–H groups in total. The van der Waals surface area contributed by atoms with Crippen molar-refractivity contribution in [2.45, 2.75) is 19.9 Å². The topological polar surface area (TPSA) is 111 Å². The minimum absolute atomic E-state index is 0.169. The maximum atomic E-state index is 11.6. The van der Waals surface area contributed by atoms with Crippen LogP contribution >= 0.6 is 11.3 Å². The molecule has 0 amide bonds. The highest BCUT2D eigenvalue weighted by Gasteiger charge is 2.32. The molecular weight excluding hydrogens is 729 g/mol. The SMILES string of the molecule is CCN1/C(=C/C=C/c2n(C)c3ccc(-c4nc5ccccc5o4)cc3[n+]2CCCS(=O)(=O)[O-])N(c2ccccc2)c2ccc(-c3nc4ccccc4s3)cc21. The Kier molecular flexibility index (Phi) is 8.80. The fourth-order valence-electron chi connectivity index (χ4n) is 7.41. The maximum absolute atomic E-state index is 11.6. The number of nitrogens with zero attached hydrogens (tertiary/aromatic N) is 6. The average Bonchev–Trinajstić information content (AvgIpc) is 3.96. The first kappa shape index (κ1) is 34.7. The van der Waals surface area contributed by atoms with E-state index in [-0.39, 0.29) is 6.42 Å². The lowest BCUT2D eigenvalue weighted by Gasteiger charge is -2.24. The summed E-state index contributed by atoms with van der Waals surface area (Å²) in [7, 11) is -2.40. The normalized spacial score (nSPS) is 14.1. The second kappa shape index (κ2) is 14.0. The van der Waals surface area contributed by atoms with Crippen molar-refractivity contribution in [2.75, 3.05) is 22.1 Å². The lowest BCUT2D eigenvalue weighted by molar-refractivity contribution is -0.673. The van der Waals surface area contributed by atoms with Gasteiger partial charge in [0.05, 0.1) is 45.3 Å². The van der Waals surface area contributed by atoms with E-state index in [2.05, 4.69) is 68.3 Å². The average molecular weight is 765 g/mol. The fraction of sp³-hybridized carbons (Fsp3) is 0.140. The zero-order valence-corrected chi connectivity index (χ0v) is 31.8. The Bertz CT molecular complexity index is 2840. The molecule has 10 nitrogen and oxygen atoms in total. The first-order valence-electron chi connectivity index (χ1n) is 18.1. The molecule has 5 aromatic carbocycles. The van der Waals surface area contributed by atoms with Crippen molar-refractivity contribution in [3.8, 4) is 22.0 Å². The summed E-state index contributed by atoms with van der Waals surface area (Å²) in [5, 5.41) is 0.980. The van der Waals surface area contributed by atoms with Crippen molar-refractivity contribution in [2.24, 2.45) is 7.05 Å². The number of fused-ring (bicyclic) bond motifs is 4. The van der Waals surface area contributed by atoms with Gasteiger partial charge >= 0.3 is 0 Å². The Morgan fingerprint density at radius 1 is 0.855 bits per heavy atom. The van der Waals surface area contributed by atoms with Crippen molar-refractivity contribution in [3.63, 3.8) is 0 Å². The predicted octanol–water partition coefficient (Wildman–Crippen LogP) is 9.02. The number of rotatable bonds is 10. The van der Waals surface area contributed by atoms with Crippen LogP contribution in [0.4, 0.5) is 17.1 Å². The molecular formula is C43H36N6O4S2. The number of para-hydroxylation sites is 4. The van der Waals surface area contributed by atoms with Gasteiger partial charge in [-0.3, -0.25) is 4.90 Å². The van der Waals surface area contributed by atoms with E-state index in [1.807, 2.05) is 98.1 Å². The van der Waals surface area contributed by atoms with E-state index in [4.69, 9.17) is 14.4 Å². The first-order valence-corrected chi connectivity index (χ1v) is 20.5. The van der Waals surface area contributed by atoms with Gasteiger partial charge < -0.3 is 13.9 Å². The van der Waals surface area contributed by atoms with Crippen LogP contribution < -0.4 is 14.4 Å². The third-order valence-corrected chi connectivity index (χ3v) is 11.8. The smallest absolute Gasteiger partial charge is 0.282 e. The van der Waals surface area contributed by atoms with Crippen molar-refractivity contribution in [3.05, 3.63) is 139 Å². The molecule has 12 heteroatoms. The highest BCUT2D eigenvalue weighted by molar-refractivity contribution is 7.85. The molecule has 274 valence electrons. The van der Waals surface area contributed by atoms with Gasteiger partial charge in [0.15, 0.2) is 16.6 Å². The molecule has 0 saturated heterocycles. The molecule has 55 heavy (non-hydrogen) atoms. The Balaban J connectivity index is 1.13. The summed E-state index contributed by atoms with van der Waals surface area (Å²) in [6.45, 7) is 3.20. The van der Waals surface area contributed by atoms with Crippen molar-refractivity contribution >= 4 is 76.9 Å². The predicted molar refractivity (Wildman–Crippen MR) is 219 cm³/mol. The summed E-state index contributed by atoms with van der Waals surface area (Å²) in [6.07, 6.45) is 6.35. The van der Waals surface area contributed by atoms with E-state index >= 15 is 0 Å². The van der Waals surface area contributed by atoms with Gasteiger partial charge in [-0.1, -0.05) is 48.5 Å². The standard InChI is InChI=1S/C43H36N6O4S2/c1-3-47-37-28-30(43-45-33-16-8-10-18-39(33)54-43)22-24-35(37)49(31-13-5-4-6-14-31)41(47)20-11-19-40-46(2)34-23-21-29(42-44-32-15-7-9-17-38(32)53-42)27-36(34)48(40)25-12-26-55(50,51)52/h4-11,13-24,27-28H,3,12,25-26H2,1-2H3. The van der Waals surface area contributed by atoms with Crippen LogP contribution in [0.2, 0.25) is 0 Å². The summed E-state index contributed by atoms with van der Waals surface area (Å²) < 4.78 is 46.3. The molecule has 0 saturated carbocycles. The lowest BCUT2D eigenvalue weighted by Crippen LogP contribution is -2.37. The summed E-state index contributed by atoms with van der Waals surface area (Å²) in [6, 6.07) is 38.7. The molecule has 1 aliphatic rings. The number of allylic oxidation sites excluding steroid dienone is 2. The number of hydrogen-bond donors (Lipinski definition) is 0. The zero-order valence-electron chi connectivity index (χ0n) is 30.2. The maximum Gasteiger partial charge on any atom is 0.282 e. The minimum atomic E-state index is -4.38. The van der Waals surface area contributed by atoms with E-state index in [1.165, 1.54) is 0 Å². The summed E-state index contributed by atoms with van der Waals surface area (Å²) >= 11 is 1.69. The Labute approximate surface area is 322 Å². The van der Waals surface area contributed by atoms with Crippen LogP contribution in [-0.2, 0) is 23.7 Å². The second-order valence-corrected chi connectivity index (χ2v) is 15.9. The molecule has 0 radical (unpaired) electrons. The van der Waals surface area contributed by atoms with Gasteiger partial charge in [-0.05, 0) is 86.2 Å². The van der Waals surface area contributed by atoms with Gasteiger partial charge in [-0.15, -0.1) is 11.3 Å². The van der Waals surface area contributed by atoms with Crippen LogP contribution in [0.25, 0.3) is 60.5 Å². The van der Waals surface area contributed by atoms with E-state index in [9.17, 15) is 13.0 Å². The molecule has 8 aromatic rings. The molecule has 0 aliphatic carbocycles. The van der Waals surface area contributed by atoms with Gasteiger partial charge in [-0.25, -0.2) is 27.5 Å². The van der Waals surface area contributed by atoms with Crippen LogP contribution in [0.15, 0.2) is 138 Å². The molecule has 0 atom stereocenters. The first-order chi connectivity index (χ1) is 26.8. The fourth-order valence-corrected chi connectivity index (χ4v) is 8.85. The van der Waals surface area contributed by atoms with Crippen LogP contribution in [0, 0.1) is 0 Å². The van der Waals surface area contributed by atoms with Crippen LogP contribution in [-0.4, -0.2) is 39.8 Å². The number of imidazole rings is 1. The molecule has 0 spiro atoms. The monoisotopic (exact) mass is 764 g/mol. The zero-order chi connectivity index (χ0) is 37.7. The van der Waals surface area contributed by atoms with Crippen molar-refractivity contribution in [1.29, 1.82) is 0 Å². The molecule has 1 aliphatic heterocycles. The van der Waals surface area contributed by atoms with Gasteiger partial charge in [0.2, 0.25) is 5.89 Å². The minimum Gasteiger partial charge on any atom is -0.748 e. The summed E-state index contributed by atoms with van der Waals surface area (Å²) in [5.41, 5.74) is 9.33. The van der Waals surface area contributed by atoms with Crippen LogP contribution in [0.3, 0.4) is 0 Å². The summed E-state index contributed by atoms with van der Waals surface area (Å²) in [5.74, 6) is 1.87. The number of oxazole rings is 1. The number of benzene rings is 5. The van der Waals surface area contributed by atoms with Gasteiger partial charge in [0.1, 0.15) is 16.3 Å². The van der Waals surface area contributed by atoms with E-state index in [0.717, 1.165) is 78.2 Å².